The minimum Gasteiger partial charge on any atom is -0.445 e. The number of amides is 3. The van der Waals surface area contributed by atoms with Crippen LogP contribution >= 0.6 is 0 Å². The van der Waals surface area contributed by atoms with Gasteiger partial charge in [0.05, 0.1) is 5.41 Å². The molecule has 1 aromatic rings. The lowest BCUT2D eigenvalue weighted by Crippen LogP contribution is -2.50. The number of benzene rings is 1. The highest BCUT2D eigenvalue weighted by molar-refractivity contribution is 5.90. The van der Waals surface area contributed by atoms with Crippen LogP contribution in [0.5, 0.6) is 0 Å². The molecule has 3 atom stereocenters. The van der Waals surface area contributed by atoms with Crippen LogP contribution in [-0.4, -0.2) is 48.0 Å². The zero-order valence-corrected chi connectivity index (χ0v) is 19.1. The third-order valence-corrected chi connectivity index (χ3v) is 7.20. The van der Waals surface area contributed by atoms with E-state index in [2.05, 4.69) is 10.6 Å². The average Bonchev–Trinajstić information content (AvgIpc) is 3.69. The molecule has 4 rings (SSSR count). The van der Waals surface area contributed by atoms with Gasteiger partial charge in [0.2, 0.25) is 11.8 Å². The van der Waals surface area contributed by atoms with Crippen molar-refractivity contribution < 1.29 is 19.1 Å². The van der Waals surface area contributed by atoms with Crippen molar-refractivity contribution in [2.24, 2.45) is 17.3 Å². The van der Waals surface area contributed by atoms with Gasteiger partial charge >= 0.3 is 6.09 Å². The fraction of sp³-hybridized carbons (Fsp3) is 0.640. The van der Waals surface area contributed by atoms with Crippen LogP contribution in [0, 0.1) is 17.3 Å². The molecule has 0 spiro atoms. The molecule has 1 saturated heterocycles. The Bertz CT molecular complexity index is 837. The summed E-state index contributed by atoms with van der Waals surface area (Å²) in [6, 6.07) is 9.73. The van der Waals surface area contributed by atoms with Gasteiger partial charge in [-0.3, -0.25) is 9.59 Å². The van der Waals surface area contributed by atoms with E-state index in [1.807, 2.05) is 44.2 Å². The summed E-state index contributed by atoms with van der Waals surface area (Å²) in [7, 11) is 0. The van der Waals surface area contributed by atoms with Gasteiger partial charge in [0, 0.05) is 31.6 Å². The topological polar surface area (TPSA) is 87.7 Å². The van der Waals surface area contributed by atoms with Crippen LogP contribution in [0.3, 0.4) is 0 Å². The maximum absolute atomic E-state index is 13.4. The summed E-state index contributed by atoms with van der Waals surface area (Å²) in [4.78, 5) is 40.5. The van der Waals surface area contributed by atoms with E-state index in [1.165, 1.54) is 0 Å². The molecular weight excluding hydrogens is 406 g/mol. The largest absolute Gasteiger partial charge is 0.445 e. The number of rotatable bonds is 9. The molecule has 3 aliphatic rings. The molecule has 1 heterocycles. The molecule has 32 heavy (non-hydrogen) atoms. The predicted octanol–water partition coefficient (Wildman–Crippen LogP) is 3.23. The molecular formula is C25H35N3O4. The van der Waals surface area contributed by atoms with Gasteiger partial charge in [0.15, 0.2) is 0 Å². The second-order valence-corrected chi connectivity index (χ2v) is 9.96. The van der Waals surface area contributed by atoms with E-state index in [4.69, 9.17) is 4.74 Å². The van der Waals surface area contributed by atoms with Crippen LogP contribution in [-0.2, 0) is 20.9 Å². The fourth-order valence-corrected chi connectivity index (χ4v) is 4.65. The Balaban J connectivity index is 1.39. The van der Waals surface area contributed by atoms with Crippen LogP contribution in [0.2, 0.25) is 0 Å². The Morgan fingerprint density at radius 1 is 1.03 bits per heavy atom. The van der Waals surface area contributed by atoms with Gasteiger partial charge in [-0.2, -0.15) is 0 Å². The lowest BCUT2D eigenvalue weighted by Gasteiger charge is -2.30. The van der Waals surface area contributed by atoms with Crippen molar-refractivity contribution in [2.75, 3.05) is 13.1 Å². The van der Waals surface area contributed by atoms with Crippen molar-refractivity contribution in [2.45, 2.75) is 71.1 Å². The highest BCUT2D eigenvalue weighted by Crippen LogP contribution is 2.38. The number of likely N-dealkylation sites (tertiary alicyclic amines) is 1. The summed E-state index contributed by atoms with van der Waals surface area (Å²) in [6.07, 6.45) is 4.67. The van der Waals surface area contributed by atoms with Crippen molar-refractivity contribution in [3.63, 3.8) is 0 Å². The maximum atomic E-state index is 13.4. The third-order valence-electron chi connectivity index (χ3n) is 7.20. The number of nitrogens with zero attached hydrogens (tertiary/aromatic N) is 1. The van der Waals surface area contributed by atoms with E-state index < -0.39 is 11.5 Å². The normalized spacial score (nSPS) is 24.5. The van der Waals surface area contributed by atoms with Crippen molar-refractivity contribution in [1.29, 1.82) is 0 Å². The Hall–Kier alpha value is -2.57. The molecule has 7 nitrogen and oxygen atoms in total. The Labute approximate surface area is 190 Å². The summed E-state index contributed by atoms with van der Waals surface area (Å²) in [5, 5.41) is 6.21. The highest BCUT2D eigenvalue weighted by Gasteiger charge is 2.49. The van der Waals surface area contributed by atoms with E-state index in [9.17, 15) is 14.4 Å². The SMILES string of the molecule is C[C@H](NC(=O)C[C@@]1(C(=O)N[C@H](C)C2CC2)CCN(C(=O)OCc2ccccc2)C1)C1CC1. The van der Waals surface area contributed by atoms with Crippen LogP contribution in [0.25, 0.3) is 0 Å². The van der Waals surface area contributed by atoms with Crippen LogP contribution < -0.4 is 10.6 Å². The number of ether oxygens (including phenoxy) is 1. The molecule has 174 valence electrons. The van der Waals surface area contributed by atoms with E-state index in [-0.39, 0.29) is 43.5 Å². The van der Waals surface area contributed by atoms with E-state index in [0.717, 1.165) is 31.2 Å². The molecule has 1 aromatic carbocycles. The number of carbonyl (C=O) groups is 3. The van der Waals surface area contributed by atoms with Crippen LogP contribution in [0.1, 0.15) is 57.9 Å². The molecule has 2 aliphatic carbocycles. The van der Waals surface area contributed by atoms with E-state index in [0.29, 0.717) is 24.8 Å². The molecule has 0 unspecified atom stereocenters. The van der Waals surface area contributed by atoms with Crippen molar-refractivity contribution >= 4 is 17.9 Å². The first-order valence-electron chi connectivity index (χ1n) is 11.9. The molecule has 7 heteroatoms. The number of hydrogen-bond donors (Lipinski definition) is 2. The fourth-order valence-electron chi connectivity index (χ4n) is 4.65. The molecule has 0 radical (unpaired) electrons. The first-order valence-corrected chi connectivity index (χ1v) is 11.9. The standard InChI is InChI=1S/C25H35N3O4/c1-17(20-8-9-20)26-22(29)14-25(23(30)27-18(2)21-10-11-21)12-13-28(16-25)24(31)32-15-19-6-4-3-5-7-19/h3-7,17-18,20-21H,8-16H2,1-2H3,(H,26,29)(H,27,30)/t17-,18+,25-/m0/s1. The molecule has 3 amide bonds. The third kappa shape index (κ3) is 5.61. The number of hydrogen-bond acceptors (Lipinski definition) is 4. The minimum atomic E-state index is -0.914. The van der Waals surface area contributed by atoms with Crippen molar-refractivity contribution in [3.05, 3.63) is 35.9 Å². The van der Waals surface area contributed by atoms with Crippen molar-refractivity contribution in [3.8, 4) is 0 Å². The van der Waals surface area contributed by atoms with Crippen LogP contribution in [0.4, 0.5) is 4.79 Å². The van der Waals surface area contributed by atoms with Gasteiger partial charge in [-0.15, -0.1) is 0 Å². The average molecular weight is 442 g/mol. The number of carbonyl (C=O) groups excluding carboxylic acids is 3. The quantitative estimate of drug-likeness (QED) is 0.616. The van der Waals surface area contributed by atoms with Gasteiger partial charge in [-0.1, -0.05) is 30.3 Å². The summed E-state index contributed by atoms with van der Waals surface area (Å²) in [6.45, 7) is 4.85. The molecule has 1 aliphatic heterocycles. The Morgan fingerprint density at radius 3 is 2.28 bits per heavy atom. The lowest BCUT2D eigenvalue weighted by molar-refractivity contribution is -0.136. The highest BCUT2D eigenvalue weighted by atomic mass is 16.6. The molecule has 0 bridgehead atoms. The first-order chi connectivity index (χ1) is 15.4. The zero-order valence-electron chi connectivity index (χ0n) is 19.1. The van der Waals surface area contributed by atoms with Gasteiger partial charge in [0.25, 0.3) is 0 Å². The van der Waals surface area contributed by atoms with Crippen molar-refractivity contribution in [1.82, 2.24) is 15.5 Å². The molecule has 3 fully saturated rings. The van der Waals surface area contributed by atoms with Gasteiger partial charge in [0.1, 0.15) is 6.61 Å². The molecule has 0 aromatic heterocycles. The molecule has 2 N–H and O–H groups in total. The van der Waals surface area contributed by atoms with Gasteiger partial charge < -0.3 is 20.3 Å². The lowest BCUT2D eigenvalue weighted by atomic mass is 9.81. The maximum Gasteiger partial charge on any atom is 0.410 e. The first kappa shape index (κ1) is 22.6. The molecule has 2 saturated carbocycles. The Kier molecular flexibility index (Phi) is 6.72. The van der Waals surface area contributed by atoms with Gasteiger partial charge in [-0.05, 0) is 63.4 Å². The van der Waals surface area contributed by atoms with E-state index >= 15 is 0 Å². The summed E-state index contributed by atoms with van der Waals surface area (Å²) in [5.41, 5.74) is -0.00168. The second kappa shape index (κ2) is 9.51. The van der Waals surface area contributed by atoms with Gasteiger partial charge in [-0.25, -0.2) is 4.79 Å². The second-order valence-electron chi connectivity index (χ2n) is 9.96. The zero-order chi connectivity index (χ0) is 22.7. The summed E-state index contributed by atoms with van der Waals surface area (Å²) >= 11 is 0. The summed E-state index contributed by atoms with van der Waals surface area (Å²) < 4.78 is 5.48. The predicted molar refractivity (Wildman–Crippen MR) is 121 cm³/mol. The van der Waals surface area contributed by atoms with Crippen LogP contribution in [0.15, 0.2) is 30.3 Å². The monoisotopic (exact) mass is 441 g/mol. The number of nitrogens with one attached hydrogen (secondary N) is 2. The summed E-state index contributed by atoms with van der Waals surface area (Å²) in [5.74, 6) is 0.835. The Morgan fingerprint density at radius 2 is 1.66 bits per heavy atom. The smallest absolute Gasteiger partial charge is 0.410 e. The van der Waals surface area contributed by atoms with E-state index in [1.54, 1.807) is 4.90 Å². The minimum absolute atomic E-state index is 0.0897.